The van der Waals surface area contributed by atoms with Crippen LogP contribution in [-0.4, -0.2) is 65.9 Å². The minimum atomic E-state index is -0.653. The van der Waals surface area contributed by atoms with Gasteiger partial charge in [-0.25, -0.2) is 14.8 Å². The zero-order chi connectivity index (χ0) is 22.6. The number of nitrogens with zero attached hydrogens (tertiary/aromatic N) is 3. The van der Waals surface area contributed by atoms with Gasteiger partial charge in [0, 0.05) is 6.54 Å². The molecule has 2 atom stereocenters. The second-order valence-corrected chi connectivity index (χ2v) is 8.46. The highest BCUT2D eigenvalue weighted by atomic mass is 16.6. The summed E-state index contributed by atoms with van der Waals surface area (Å²) in [7, 11) is 2.94. The van der Waals surface area contributed by atoms with Gasteiger partial charge in [0.05, 0.1) is 37.1 Å². The highest BCUT2D eigenvalue weighted by Crippen LogP contribution is 2.29. The van der Waals surface area contributed by atoms with Crippen LogP contribution in [0.5, 0.6) is 11.6 Å². The summed E-state index contributed by atoms with van der Waals surface area (Å²) in [6, 6.07) is 5.19. The van der Waals surface area contributed by atoms with E-state index in [1.165, 1.54) is 13.4 Å². The average molecular weight is 431 g/mol. The van der Waals surface area contributed by atoms with E-state index in [4.69, 9.17) is 18.9 Å². The minimum absolute atomic E-state index is 0.205. The number of likely N-dealkylation sites (tertiary alicyclic amines) is 1. The zero-order valence-electron chi connectivity index (χ0n) is 18.6. The highest BCUT2D eigenvalue weighted by Gasteiger charge is 2.37. The van der Waals surface area contributed by atoms with Crippen molar-refractivity contribution < 1.29 is 28.5 Å². The summed E-state index contributed by atoms with van der Waals surface area (Å²) < 4.78 is 21.7. The first-order valence-corrected chi connectivity index (χ1v) is 10.2. The van der Waals surface area contributed by atoms with E-state index in [1.807, 2.05) is 18.2 Å². The van der Waals surface area contributed by atoms with Gasteiger partial charge in [-0.15, -0.1) is 0 Å². The molecular formula is C22H29N3O6. The van der Waals surface area contributed by atoms with Crippen LogP contribution in [0.1, 0.15) is 33.6 Å². The van der Waals surface area contributed by atoms with E-state index in [1.54, 1.807) is 32.8 Å². The van der Waals surface area contributed by atoms with Gasteiger partial charge < -0.3 is 23.8 Å². The van der Waals surface area contributed by atoms with E-state index in [2.05, 4.69) is 9.97 Å². The molecule has 168 valence electrons. The number of esters is 1. The quantitative estimate of drug-likeness (QED) is 0.666. The minimum Gasteiger partial charge on any atom is -0.497 e. The van der Waals surface area contributed by atoms with Gasteiger partial charge in [0.1, 0.15) is 24.3 Å². The largest absolute Gasteiger partial charge is 0.497 e. The summed E-state index contributed by atoms with van der Waals surface area (Å²) in [6.07, 6.45) is 2.12. The number of amides is 1. The Balaban J connectivity index is 1.79. The van der Waals surface area contributed by atoms with Crippen molar-refractivity contribution >= 4 is 23.0 Å². The van der Waals surface area contributed by atoms with Gasteiger partial charge >= 0.3 is 12.1 Å². The Labute approximate surface area is 181 Å². The monoisotopic (exact) mass is 431 g/mol. The molecule has 0 radical (unpaired) electrons. The van der Waals surface area contributed by atoms with Crippen molar-refractivity contribution in [2.75, 3.05) is 27.4 Å². The van der Waals surface area contributed by atoms with E-state index in [0.717, 1.165) is 5.52 Å². The van der Waals surface area contributed by atoms with Gasteiger partial charge in [0.25, 0.3) is 0 Å². The fraction of sp³-hybridized carbons (Fsp3) is 0.545. The second-order valence-electron chi connectivity index (χ2n) is 8.46. The molecule has 1 aliphatic heterocycles. The molecule has 1 aliphatic rings. The molecule has 1 aromatic carbocycles. The number of benzene rings is 1. The molecule has 9 nitrogen and oxygen atoms in total. The van der Waals surface area contributed by atoms with Crippen molar-refractivity contribution in [3.63, 3.8) is 0 Å². The maximum Gasteiger partial charge on any atom is 0.410 e. The maximum atomic E-state index is 12.8. The molecule has 1 fully saturated rings. The number of rotatable bonds is 5. The Morgan fingerprint density at radius 3 is 2.61 bits per heavy atom. The number of piperidine rings is 1. The first-order valence-electron chi connectivity index (χ1n) is 10.2. The summed E-state index contributed by atoms with van der Waals surface area (Å²) in [4.78, 5) is 35.0. The summed E-state index contributed by atoms with van der Waals surface area (Å²) in [6.45, 7) is 5.83. The smallest absolute Gasteiger partial charge is 0.410 e. The predicted octanol–water partition coefficient (Wildman–Crippen LogP) is 3.21. The van der Waals surface area contributed by atoms with Gasteiger partial charge in [0.2, 0.25) is 5.88 Å². The molecule has 0 aliphatic carbocycles. The number of methoxy groups -OCH3 is 2. The van der Waals surface area contributed by atoms with E-state index in [0.29, 0.717) is 29.9 Å². The third-order valence-corrected chi connectivity index (χ3v) is 5.09. The number of ether oxygens (including phenoxy) is 4. The lowest BCUT2D eigenvalue weighted by atomic mass is 9.93. The molecule has 0 bridgehead atoms. The maximum absolute atomic E-state index is 12.8. The van der Waals surface area contributed by atoms with Crippen LogP contribution < -0.4 is 9.47 Å². The van der Waals surface area contributed by atoms with E-state index in [-0.39, 0.29) is 25.2 Å². The van der Waals surface area contributed by atoms with Crippen molar-refractivity contribution in [1.29, 1.82) is 0 Å². The Morgan fingerprint density at radius 2 is 1.94 bits per heavy atom. The molecule has 0 unspecified atom stereocenters. The number of hydrogen-bond donors (Lipinski definition) is 0. The van der Waals surface area contributed by atoms with Crippen LogP contribution in [-0.2, 0) is 14.3 Å². The number of hydrogen-bond acceptors (Lipinski definition) is 8. The standard InChI is InChI=1S/C22H29N3O6/c1-22(2,3)31-21(27)25-11-14(20(26)29-5)6-7-15(25)12-30-19-17-10-16(28-4)8-9-18(17)23-13-24-19/h8-10,13-15H,6-7,11-12H2,1-5H3/t14-,15+/m0/s1. The van der Waals surface area contributed by atoms with Crippen molar-refractivity contribution in [1.82, 2.24) is 14.9 Å². The highest BCUT2D eigenvalue weighted by molar-refractivity contribution is 5.84. The summed E-state index contributed by atoms with van der Waals surface area (Å²) in [5.74, 6) is 0.351. The lowest BCUT2D eigenvalue weighted by Gasteiger charge is -2.39. The van der Waals surface area contributed by atoms with Gasteiger partial charge in [-0.05, 0) is 51.8 Å². The molecule has 3 rings (SSSR count). The van der Waals surface area contributed by atoms with Crippen LogP contribution in [0.25, 0.3) is 10.9 Å². The van der Waals surface area contributed by atoms with E-state index < -0.39 is 17.6 Å². The molecule has 31 heavy (non-hydrogen) atoms. The lowest BCUT2D eigenvalue weighted by Crippen LogP contribution is -2.52. The Morgan fingerprint density at radius 1 is 1.16 bits per heavy atom. The fourth-order valence-electron chi connectivity index (χ4n) is 3.53. The molecule has 0 spiro atoms. The Bertz CT molecular complexity index is 942. The van der Waals surface area contributed by atoms with Crippen LogP contribution in [0.4, 0.5) is 4.79 Å². The number of aromatic nitrogens is 2. The summed E-state index contributed by atoms with van der Waals surface area (Å²) >= 11 is 0. The van der Waals surface area contributed by atoms with Crippen LogP contribution >= 0.6 is 0 Å². The van der Waals surface area contributed by atoms with Gasteiger partial charge in [-0.3, -0.25) is 4.79 Å². The molecule has 2 aromatic rings. The van der Waals surface area contributed by atoms with Crippen LogP contribution in [0.15, 0.2) is 24.5 Å². The molecule has 1 aromatic heterocycles. The Kier molecular flexibility index (Phi) is 6.82. The first kappa shape index (κ1) is 22.6. The Hall–Kier alpha value is -3.10. The average Bonchev–Trinajstić information content (AvgIpc) is 2.75. The number of carbonyl (C=O) groups is 2. The fourth-order valence-corrected chi connectivity index (χ4v) is 3.53. The normalized spacial score (nSPS) is 19.1. The SMILES string of the molecule is COC(=O)[C@H]1CC[C@H](COc2ncnc3ccc(OC)cc23)N(C(=O)OC(C)(C)C)C1. The molecule has 9 heteroatoms. The first-order chi connectivity index (χ1) is 14.7. The molecule has 0 saturated carbocycles. The van der Waals surface area contributed by atoms with Crippen LogP contribution in [0, 0.1) is 5.92 Å². The van der Waals surface area contributed by atoms with Crippen molar-refractivity contribution in [3.8, 4) is 11.6 Å². The third kappa shape index (κ3) is 5.53. The zero-order valence-corrected chi connectivity index (χ0v) is 18.6. The van der Waals surface area contributed by atoms with E-state index >= 15 is 0 Å². The molecule has 0 N–H and O–H groups in total. The van der Waals surface area contributed by atoms with Crippen molar-refractivity contribution in [3.05, 3.63) is 24.5 Å². The van der Waals surface area contributed by atoms with E-state index in [9.17, 15) is 9.59 Å². The molecular weight excluding hydrogens is 402 g/mol. The number of carbonyl (C=O) groups excluding carboxylic acids is 2. The van der Waals surface area contributed by atoms with Crippen molar-refractivity contribution in [2.45, 2.75) is 45.3 Å². The second kappa shape index (κ2) is 9.36. The van der Waals surface area contributed by atoms with Gasteiger partial charge in [0.15, 0.2) is 0 Å². The molecule has 2 heterocycles. The summed E-state index contributed by atoms with van der Waals surface area (Å²) in [5.41, 5.74) is 0.0734. The van der Waals surface area contributed by atoms with Crippen LogP contribution in [0.3, 0.4) is 0 Å². The summed E-state index contributed by atoms with van der Waals surface area (Å²) in [5, 5.41) is 0.717. The third-order valence-electron chi connectivity index (χ3n) is 5.09. The van der Waals surface area contributed by atoms with Crippen molar-refractivity contribution in [2.24, 2.45) is 5.92 Å². The van der Waals surface area contributed by atoms with Gasteiger partial charge in [-0.2, -0.15) is 0 Å². The molecule has 1 saturated heterocycles. The topological polar surface area (TPSA) is 100 Å². The van der Waals surface area contributed by atoms with Crippen LogP contribution in [0.2, 0.25) is 0 Å². The lowest BCUT2D eigenvalue weighted by molar-refractivity contribution is -0.147. The van der Waals surface area contributed by atoms with Gasteiger partial charge in [-0.1, -0.05) is 0 Å². The molecule has 1 amide bonds. The predicted molar refractivity (Wildman–Crippen MR) is 113 cm³/mol. The number of fused-ring (bicyclic) bond motifs is 1.